The summed E-state index contributed by atoms with van der Waals surface area (Å²) in [5.74, 6) is 0.890. The zero-order valence-electron chi connectivity index (χ0n) is 11.2. The topological polar surface area (TPSA) is 100 Å². The van der Waals surface area contributed by atoms with Crippen LogP contribution in [-0.2, 0) is 17.7 Å². The van der Waals surface area contributed by atoms with E-state index in [1.54, 1.807) is 0 Å². The van der Waals surface area contributed by atoms with E-state index < -0.39 is 6.09 Å². The van der Waals surface area contributed by atoms with E-state index in [0.717, 1.165) is 22.4 Å². The van der Waals surface area contributed by atoms with Crippen molar-refractivity contribution in [3.05, 3.63) is 15.2 Å². The van der Waals surface area contributed by atoms with Gasteiger partial charge in [0.05, 0.1) is 13.2 Å². The first-order valence-electron chi connectivity index (χ1n) is 6.29. The maximum atomic E-state index is 10.2. The van der Waals surface area contributed by atoms with Crippen LogP contribution in [0.4, 0.5) is 4.79 Å². The standard InChI is InChI=1S/C12H17IN4O3/c1-2-3-10-16-9(8-14)11(13)17(10)5-7-20-6-4-15-12(18)19/h15H,2-7H2,1H3,(H,18,19). The van der Waals surface area contributed by atoms with Crippen molar-refractivity contribution < 1.29 is 14.6 Å². The van der Waals surface area contributed by atoms with Crippen LogP contribution < -0.4 is 5.32 Å². The minimum atomic E-state index is -1.05. The molecule has 1 aromatic rings. The minimum Gasteiger partial charge on any atom is -0.465 e. The predicted molar refractivity (Wildman–Crippen MR) is 80.5 cm³/mol. The summed E-state index contributed by atoms with van der Waals surface area (Å²) >= 11 is 2.11. The molecule has 110 valence electrons. The molecule has 0 unspecified atom stereocenters. The van der Waals surface area contributed by atoms with E-state index in [4.69, 9.17) is 15.1 Å². The lowest BCUT2D eigenvalue weighted by Gasteiger charge is -2.09. The first-order chi connectivity index (χ1) is 9.60. The molecule has 0 saturated heterocycles. The van der Waals surface area contributed by atoms with Crippen LogP contribution in [0.5, 0.6) is 0 Å². The van der Waals surface area contributed by atoms with Crippen LogP contribution in [0.15, 0.2) is 0 Å². The molecular formula is C12H17IN4O3. The average Bonchev–Trinajstić information content (AvgIpc) is 2.70. The Morgan fingerprint density at radius 3 is 2.95 bits per heavy atom. The zero-order chi connectivity index (χ0) is 15.0. The van der Waals surface area contributed by atoms with Crippen LogP contribution in [0, 0.1) is 15.0 Å². The number of ether oxygens (including phenoxy) is 1. The van der Waals surface area contributed by atoms with E-state index in [9.17, 15) is 4.79 Å². The van der Waals surface area contributed by atoms with Gasteiger partial charge in [-0.1, -0.05) is 6.92 Å². The van der Waals surface area contributed by atoms with Crippen LogP contribution in [0.1, 0.15) is 24.9 Å². The highest BCUT2D eigenvalue weighted by molar-refractivity contribution is 14.1. The molecule has 0 fully saturated rings. The molecule has 0 atom stereocenters. The lowest BCUT2D eigenvalue weighted by Crippen LogP contribution is -2.25. The minimum absolute atomic E-state index is 0.265. The Kier molecular flexibility index (Phi) is 7.32. The van der Waals surface area contributed by atoms with E-state index >= 15 is 0 Å². The number of hydrogen-bond acceptors (Lipinski definition) is 4. The Balaban J connectivity index is 2.48. The van der Waals surface area contributed by atoms with Crippen molar-refractivity contribution in [3.8, 4) is 6.07 Å². The number of rotatable bonds is 8. The van der Waals surface area contributed by atoms with Gasteiger partial charge in [-0.3, -0.25) is 0 Å². The van der Waals surface area contributed by atoms with Gasteiger partial charge in [-0.25, -0.2) is 9.78 Å². The number of carboxylic acid groups (broad SMARTS) is 1. The molecule has 0 bridgehead atoms. The van der Waals surface area contributed by atoms with Crippen molar-refractivity contribution in [3.63, 3.8) is 0 Å². The zero-order valence-corrected chi connectivity index (χ0v) is 13.4. The summed E-state index contributed by atoms with van der Waals surface area (Å²) in [6.45, 7) is 3.71. The molecule has 0 aliphatic heterocycles. The fraction of sp³-hybridized carbons (Fsp3) is 0.583. The smallest absolute Gasteiger partial charge is 0.404 e. The second kappa shape index (κ2) is 8.76. The molecule has 1 rings (SSSR count). The molecular weight excluding hydrogens is 375 g/mol. The van der Waals surface area contributed by atoms with Crippen LogP contribution in [0.2, 0.25) is 0 Å². The number of nitrogens with one attached hydrogen (secondary N) is 1. The maximum Gasteiger partial charge on any atom is 0.404 e. The number of carbonyl (C=O) groups is 1. The predicted octanol–water partition coefficient (Wildman–Crippen LogP) is 1.60. The summed E-state index contributed by atoms with van der Waals surface area (Å²) in [5, 5.41) is 19.6. The summed E-state index contributed by atoms with van der Waals surface area (Å²) in [5.41, 5.74) is 0.446. The third-order valence-electron chi connectivity index (χ3n) is 2.55. The SMILES string of the molecule is CCCc1nc(C#N)c(I)n1CCOCCNC(=O)O. The number of amides is 1. The Labute approximate surface area is 131 Å². The molecule has 0 spiro atoms. The summed E-state index contributed by atoms with van der Waals surface area (Å²) in [6, 6.07) is 2.08. The second-order valence-corrected chi connectivity index (χ2v) is 5.05. The average molecular weight is 392 g/mol. The number of hydrogen-bond donors (Lipinski definition) is 2. The Morgan fingerprint density at radius 2 is 2.35 bits per heavy atom. The van der Waals surface area contributed by atoms with Crippen molar-refractivity contribution >= 4 is 28.7 Å². The van der Waals surface area contributed by atoms with Crippen molar-refractivity contribution in [2.24, 2.45) is 0 Å². The molecule has 0 radical (unpaired) electrons. The van der Waals surface area contributed by atoms with Crippen LogP contribution in [0.25, 0.3) is 0 Å². The second-order valence-electron chi connectivity index (χ2n) is 4.03. The molecule has 1 amide bonds. The Morgan fingerprint density at radius 1 is 1.60 bits per heavy atom. The van der Waals surface area contributed by atoms with E-state index in [0.29, 0.717) is 25.5 Å². The van der Waals surface area contributed by atoms with Crippen molar-refractivity contribution in [2.45, 2.75) is 26.3 Å². The molecule has 8 heteroatoms. The molecule has 1 heterocycles. The van der Waals surface area contributed by atoms with E-state index in [1.807, 2.05) is 4.57 Å². The molecule has 0 aliphatic carbocycles. The van der Waals surface area contributed by atoms with Gasteiger partial charge in [0, 0.05) is 19.5 Å². The third kappa shape index (κ3) is 4.97. The Hall–Kier alpha value is -1.34. The molecule has 2 N–H and O–H groups in total. The van der Waals surface area contributed by atoms with Crippen molar-refractivity contribution in [1.82, 2.24) is 14.9 Å². The summed E-state index contributed by atoms with van der Waals surface area (Å²) < 4.78 is 8.16. The lowest BCUT2D eigenvalue weighted by molar-refractivity contribution is 0.124. The third-order valence-corrected chi connectivity index (χ3v) is 3.64. The normalized spacial score (nSPS) is 10.2. The van der Waals surface area contributed by atoms with E-state index in [1.165, 1.54) is 0 Å². The monoisotopic (exact) mass is 392 g/mol. The summed E-state index contributed by atoms with van der Waals surface area (Å²) in [7, 11) is 0. The van der Waals surface area contributed by atoms with Gasteiger partial charge in [-0.2, -0.15) is 5.26 Å². The van der Waals surface area contributed by atoms with Gasteiger partial charge in [0.15, 0.2) is 5.69 Å². The quantitative estimate of drug-likeness (QED) is 0.517. The summed E-state index contributed by atoms with van der Waals surface area (Å²) in [4.78, 5) is 14.5. The number of aryl methyl sites for hydroxylation is 1. The number of nitrogens with zero attached hydrogens (tertiary/aromatic N) is 3. The molecule has 0 saturated carbocycles. The maximum absolute atomic E-state index is 10.2. The molecule has 0 aliphatic rings. The van der Waals surface area contributed by atoms with Gasteiger partial charge in [0.25, 0.3) is 0 Å². The largest absolute Gasteiger partial charge is 0.465 e. The van der Waals surface area contributed by atoms with E-state index in [2.05, 4.69) is 45.9 Å². The van der Waals surface area contributed by atoms with Gasteiger partial charge in [-0.05, 0) is 29.0 Å². The van der Waals surface area contributed by atoms with Crippen LogP contribution >= 0.6 is 22.6 Å². The van der Waals surface area contributed by atoms with Crippen molar-refractivity contribution in [2.75, 3.05) is 19.8 Å². The molecule has 1 aromatic heterocycles. The van der Waals surface area contributed by atoms with Crippen molar-refractivity contribution in [1.29, 1.82) is 5.26 Å². The number of aromatic nitrogens is 2. The number of nitriles is 1. The number of imidazole rings is 1. The molecule has 20 heavy (non-hydrogen) atoms. The summed E-state index contributed by atoms with van der Waals surface area (Å²) in [6.07, 6.45) is 0.723. The van der Waals surface area contributed by atoms with E-state index in [-0.39, 0.29) is 6.54 Å². The highest BCUT2D eigenvalue weighted by Gasteiger charge is 2.13. The van der Waals surface area contributed by atoms with Gasteiger partial charge in [0.1, 0.15) is 15.6 Å². The van der Waals surface area contributed by atoms with Gasteiger partial charge in [-0.15, -0.1) is 0 Å². The fourth-order valence-electron chi connectivity index (χ4n) is 1.68. The van der Waals surface area contributed by atoms with Crippen LogP contribution in [0.3, 0.4) is 0 Å². The first-order valence-corrected chi connectivity index (χ1v) is 7.37. The van der Waals surface area contributed by atoms with Gasteiger partial charge >= 0.3 is 6.09 Å². The molecule has 7 nitrogen and oxygen atoms in total. The Bertz CT molecular complexity index is 496. The number of halogens is 1. The highest BCUT2D eigenvalue weighted by atomic mass is 127. The van der Waals surface area contributed by atoms with Gasteiger partial charge in [0.2, 0.25) is 0 Å². The van der Waals surface area contributed by atoms with Gasteiger partial charge < -0.3 is 19.7 Å². The van der Waals surface area contributed by atoms with Crippen LogP contribution in [-0.4, -0.2) is 40.5 Å². The lowest BCUT2D eigenvalue weighted by atomic mass is 10.3. The highest BCUT2D eigenvalue weighted by Crippen LogP contribution is 2.15. The first kappa shape index (κ1) is 16.7. The fourth-order valence-corrected chi connectivity index (χ4v) is 2.44. The molecule has 0 aromatic carbocycles.